The van der Waals surface area contributed by atoms with E-state index in [9.17, 15) is 19.2 Å². The van der Waals surface area contributed by atoms with Crippen molar-refractivity contribution in [2.24, 2.45) is 0 Å². The van der Waals surface area contributed by atoms with E-state index >= 15 is 0 Å². The zero-order valence-electron chi connectivity index (χ0n) is 15.6. The Labute approximate surface area is 155 Å². The summed E-state index contributed by atoms with van der Waals surface area (Å²) in [6.07, 6.45) is -5.30. The van der Waals surface area contributed by atoms with Crippen LogP contribution in [-0.2, 0) is 52.3 Å². The Hall–Kier alpha value is -2.24. The topological polar surface area (TPSA) is 133 Å². The van der Waals surface area contributed by atoms with E-state index in [2.05, 4.69) is 4.74 Å². The third-order valence-electron chi connectivity index (χ3n) is 3.90. The molecule has 6 atom stereocenters. The Morgan fingerprint density at radius 2 is 1.70 bits per heavy atom. The zero-order chi connectivity index (χ0) is 20.4. The van der Waals surface area contributed by atoms with Crippen molar-refractivity contribution >= 4 is 23.9 Å². The van der Waals surface area contributed by atoms with E-state index in [4.69, 9.17) is 28.4 Å². The molecule has 0 radical (unpaired) electrons. The van der Waals surface area contributed by atoms with Gasteiger partial charge in [0.25, 0.3) is 5.79 Å². The number of esters is 4. The van der Waals surface area contributed by atoms with Crippen LogP contribution in [0.3, 0.4) is 0 Å². The monoisotopic (exact) mass is 390 g/mol. The Morgan fingerprint density at radius 3 is 2.22 bits per heavy atom. The molecule has 11 nitrogen and oxygen atoms in total. The molecular weight excluding hydrogens is 368 g/mol. The highest BCUT2D eigenvalue weighted by atomic mass is 16.9. The number of fused-ring (bicyclic) bond motifs is 1. The van der Waals surface area contributed by atoms with Gasteiger partial charge in [-0.1, -0.05) is 0 Å². The number of hydrogen-bond donors (Lipinski definition) is 0. The average Bonchev–Trinajstić information content (AvgIpc) is 3.05. The van der Waals surface area contributed by atoms with Crippen molar-refractivity contribution in [3.63, 3.8) is 0 Å². The van der Waals surface area contributed by atoms with E-state index in [1.807, 2.05) is 0 Å². The second kappa shape index (κ2) is 8.19. The van der Waals surface area contributed by atoms with E-state index in [0.717, 1.165) is 7.11 Å². The summed E-state index contributed by atoms with van der Waals surface area (Å²) in [7, 11) is 1.16. The van der Waals surface area contributed by atoms with Crippen LogP contribution in [0.15, 0.2) is 0 Å². The molecule has 152 valence electrons. The molecule has 0 aromatic heterocycles. The summed E-state index contributed by atoms with van der Waals surface area (Å²) in [5.74, 6) is -4.45. The van der Waals surface area contributed by atoms with Crippen molar-refractivity contribution in [1.82, 2.24) is 0 Å². The summed E-state index contributed by atoms with van der Waals surface area (Å²) in [4.78, 5) is 45.9. The van der Waals surface area contributed by atoms with Crippen LogP contribution in [0.1, 0.15) is 27.7 Å². The van der Waals surface area contributed by atoms with Crippen LogP contribution in [-0.4, -0.2) is 74.1 Å². The first-order chi connectivity index (χ1) is 12.6. The largest absolute Gasteiger partial charge is 0.465 e. The van der Waals surface area contributed by atoms with Crippen LogP contribution >= 0.6 is 0 Å². The molecule has 2 aliphatic rings. The van der Waals surface area contributed by atoms with E-state index < -0.39 is 60.4 Å². The molecule has 0 N–H and O–H groups in total. The molecule has 1 unspecified atom stereocenters. The molecule has 2 heterocycles. The van der Waals surface area contributed by atoms with Gasteiger partial charge in [-0.05, 0) is 0 Å². The summed E-state index contributed by atoms with van der Waals surface area (Å²) in [5, 5.41) is 0. The molecule has 0 bridgehead atoms. The van der Waals surface area contributed by atoms with Crippen LogP contribution in [0.25, 0.3) is 0 Å². The number of methoxy groups -OCH3 is 1. The first kappa shape index (κ1) is 21.1. The summed E-state index contributed by atoms with van der Waals surface area (Å²) in [6.45, 7) is 4.53. The molecule has 2 rings (SSSR count). The Kier molecular flexibility index (Phi) is 6.39. The number of carbonyl (C=O) groups is 4. The van der Waals surface area contributed by atoms with Crippen molar-refractivity contribution < 1.29 is 52.3 Å². The van der Waals surface area contributed by atoms with Crippen LogP contribution in [0.4, 0.5) is 0 Å². The minimum atomic E-state index is -1.75. The lowest BCUT2D eigenvalue weighted by atomic mass is 10.1. The molecule has 11 heteroatoms. The third-order valence-corrected chi connectivity index (χ3v) is 3.90. The van der Waals surface area contributed by atoms with Crippen molar-refractivity contribution in [2.75, 3.05) is 13.7 Å². The Balaban J connectivity index is 2.23. The van der Waals surface area contributed by atoms with E-state index in [1.165, 1.54) is 27.7 Å². The van der Waals surface area contributed by atoms with Crippen molar-refractivity contribution in [3.05, 3.63) is 0 Å². The van der Waals surface area contributed by atoms with Gasteiger partial charge < -0.3 is 33.2 Å². The maximum atomic E-state index is 11.9. The molecule has 0 aliphatic carbocycles. The Morgan fingerprint density at radius 1 is 1.04 bits per heavy atom. The van der Waals surface area contributed by atoms with Crippen LogP contribution in [0.2, 0.25) is 0 Å². The molecule has 0 aromatic rings. The SMILES string of the molecule is COC(=O)[C@]1(C)O[C@H]2O[C@@H](C(COC(C)=O)OC(C)=O)[C@H](OC(C)=O)[C@H]2O1. The van der Waals surface area contributed by atoms with Crippen molar-refractivity contribution in [1.29, 1.82) is 0 Å². The lowest BCUT2D eigenvalue weighted by molar-refractivity contribution is -0.246. The molecule has 2 fully saturated rings. The molecule has 0 amide bonds. The number of ether oxygens (including phenoxy) is 7. The smallest absolute Gasteiger partial charge is 0.366 e. The molecule has 0 aromatic carbocycles. The van der Waals surface area contributed by atoms with Gasteiger partial charge in [0.05, 0.1) is 7.11 Å². The number of carbonyl (C=O) groups excluding carboxylic acids is 4. The Bertz CT molecular complexity index is 617. The lowest BCUT2D eigenvalue weighted by Crippen LogP contribution is -2.48. The summed E-state index contributed by atoms with van der Waals surface area (Å²) < 4.78 is 36.7. The van der Waals surface area contributed by atoms with Gasteiger partial charge in [0, 0.05) is 27.7 Å². The predicted molar refractivity (Wildman–Crippen MR) is 82.8 cm³/mol. The van der Waals surface area contributed by atoms with Gasteiger partial charge in [-0.2, -0.15) is 0 Å². The number of rotatable bonds is 6. The highest BCUT2D eigenvalue weighted by molar-refractivity contribution is 5.77. The fourth-order valence-electron chi connectivity index (χ4n) is 2.89. The van der Waals surface area contributed by atoms with Crippen LogP contribution in [0, 0.1) is 0 Å². The quantitative estimate of drug-likeness (QED) is 0.427. The first-order valence-corrected chi connectivity index (χ1v) is 8.14. The van der Waals surface area contributed by atoms with Crippen LogP contribution in [0.5, 0.6) is 0 Å². The molecule has 0 saturated carbocycles. The fraction of sp³-hybridized carbons (Fsp3) is 0.750. The maximum absolute atomic E-state index is 11.9. The molecule has 0 spiro atoms. The maximum Gasteiger partial charge on any atom is 0.366 e. The zero-order valence-corrected chi connectivity index (χ0v) is 15.6. The highest BCUT2D eigenvalue weighted by Gasteiger charge is 2.62. The second-order valence-electron chi connectivity index (χ2n) is 6.13. The van der Waals surface area contributed by atoms with Crippen molar-refractivity contribution in [3.8, 4) is 0 Å². The first-order valence-electron chi connectivity index (χ1n) is 8.14. The fourth-order valence-corrected chi connectivity index (χ4v) is 2.89. The van der Waals surface area contributed by atoms with Crippen LogP contribution < -0.4 is 0 Å². The van der Waals surface area contributed by atoms with Gasteiger partial charge in [-0.25, -0.2) is 4.79 Å². The number of hydrogen-bond acceptors (Lipinski definition) is 11. The van der Waals surface area contributed by atoms with Gasteiger partial charge in [0.2, 0.25) is 0 Å². The minimum absolute atomic E-state index is 0.328. The van der Waals surface area contributed by atoms with Crippen molar-refractivity contribution in [2.45, 2.75) is 64.2 Å². The molecular formula is C16H22O11. The predicted octanol–water partition coefficient (Wildman–Crippen LogP) is -0.558. The summed E-state index contributed by atoms with van der Waals surface area (Å²) in [5.41, 5.74) is 0. The summed E-state index contributed by atoms with van der Waals surface area (Å²) in [6, 6.07) is 0. The van der Waals surface area contributed by atoms with E-state index in [1.54, 1.807) is 0 Å². The van der Waals surface area contributed by atoms with Gasteiger partial charge in [-0.3, -0.25) is 14.4 Å². The lowest BCUT2D eigenvalue weighted by Gasteiger charge is -2.30. The third kappa shape index (κ3) is 4.73. The summed E-state index contributed by atoms with van der Waals surface area (Å²) >= 11 is 0. The molecule has 2 saturated heterocycles. The average molecular weight is 390 g/mol. The minimum Gasteiger partial charge on any atom is -0.465 e. The molecule has 27 heavy (non-hydrogen) atoms. The van der Waals surface area contributed by atoms with Gasteiger partial charge in [0.1, 0.15) is 12.7 Å². The van der Waals surface area contributed by atoms with Gasteiger partial charge in [0.15, 0.2) is 24.6 Å². The highest BCUT2D eigenvalue weighted by Crippen LogP contribution is 2.41. The van der Waals surface area contributed by atoms with Gasteiger partial charge in [-0.15, -0.1) is 0 Å². The second-order valence-corrected chi connectivity index (χ2v) is 6.13. The standard InChI is InChI=1S/C16H22O11/c1-7(17)22-6-10(23-8(2)18)11-12(24-9(3)19)13-14(25-11)27-16(4,26-13)15(20)21-5/h10-14H,6H2,1-5H3/t10?,11-,12-,13+,14+,16-/m0/s1. The molecule has 2 aliphatic heterocycles. The van der Waals surface area contributed by atoms with E-state index in [0.29, 0.717) is 0 Å². The van der Waals surface area contributed by atoms with E-state index in [-0.39, 0.29) is 6.61 Å². The normalized spacial score (nSPS) is 32.9. The van der Waals surface area contributed by atoms with Gasteiger partial charge >= 0.3 is 23.9 Å².